The molecule has 1 aliphatic rings. The van der Waals surface area contributed by atoms with E-state index in [1.54, 1.807) is 36.4 Å². The third kappa shape index (κ3) is 5.46. The first kappa shape index (κ1) is 25.5. The van der Waals surface area contributed by atoms with E-state index in [-0.39, 0.29) is 22.0 Å². The molecule has 37 heavy (non-hydrogen) atoms. The molecule has 0 aromatic heterocycles. The molecule has 3 aromatic carbocycles. The number of esters is 2. The van der Waals surface area contributed by atoms with Gasteiger partial charge in [-0.15, -0.1) is 0 Å². The second kappa shape index (κ2) is 11.0. The van der Waals surface area contributed by atoms with Crippen molar-refractivity contribution in [3.8, 4) is 11.5 Å². The highest BCUT2D eigenvalue weighted by molar-refractivity contribution is 6.53. The monoisotopic (exact) mass is 520 g/mol. The van der Waals surface area contributed by atoms with Crippen molar-refractivity contribution in [1.29, 1.82) is 0 Å². The zero-order chi connectivity index (χ0) is 26.5. The topological polar surface area (TPSA) is 111 Å². The third-order valence-corrected chi connectivity index (χ3v) is 5.66. The van der Waals surface area contributed by atoms with Gasteiger partial charge in [0.05, 0.1) is 30.5 Å². The minimum Gasteiger partial charge on any atom is -0.494 e. The summed E-state index contributed by atoms with van der Waals surface area (Å²) < 4.78 is 15.3. The van der Waals surface area contributed by atoms with Crippen molar-refractivity contribution in [2.45, 2.75) is 6.92 Å². The van der Waals surface area contributed by atoms with Crippen LogP contribution in [-0.4, -0.2) is 37.5 Å². The van der Waals surface area contributed by atoms with E-state index in [1.807, 2.05) is 6.92 Å². The smallest absolute Gasteiger partial charge is 0.343 e. The number of rotatable bonds is 8. The molecule has 0 unspecified atom stereocenters. The summed E-state index contributed by atoms with van der Waals surface area (Å²) >= 11 is 6.19. The molecule has 0 atom stereocenters. The number of benzene rings is 3. The molecule has 10 heteroatoms. The first-order valence-corrected chi connectivity index (χ1v) is 11.5. The van der Waals surface area contributed by atoms with Crippen LogP contribution in [0.25, 0.3) is 0 Å². The van der Waals surface area contributed by atoms with Crippen molar-refractivity contribution in [2.75, 3.05) is 23.9 Å². The highest BCUT2D eigenvalue weighted by atomic mass is 35.5. The van der Waals surface area contributed by atoms with Crippen molar-refractivity contribution in [3.05, 3.63) is 94.7 Å². The maximum Gasteiger partial charge on any atom is 0.343 e. The summed E-state index contributed by atoms with van der Waals surface area (Å²) in [5, 5.41) is 2.60. The number of nitrogens with zero attached hydrogens (tertiary/aromatic N) is 1. The first-order valence-electron chi connectivity index (χ1n) is 11.1. The number of anilines is 2. The Bertz CT molecular complexity index is 1380. The van der Waals surface area contributed by atoms with Gasteiger partial charge in [0, 0.05) is 5.69 Å². The molecule has 1 N–H and O–H groups in total. The molecule has 188 valence electrons. The van der Waals surface area contributed by atoms with Gasteiger partial charge >= 0.3 is 11.9 Å². The molecule has 1 aliphatic heterocycles. The molecule has 0 saturated carbocycles. The number of methoxy groups -OCH3 is 1. The summed E-state index contributed by atoms with van der Waals surface area (Å²) in [7, 11) is 1.28. The third-order valence-electron chi connectivity index (χ3n) is 5.31. The Balaban J connectivity index is 1.42. The van der Waals surface area contributed by atoms with Gasteiger partial charge in [-0.2, -0.15) is 0 Å². The van der Waals surface area contributed by atoms with E-state index >= 15 is 0 Å². The van der Waals surface area contributed by atoms with Crippen LogP contribution in [0.3, 0.4) is 0 Å². The van der Waals surface area contributed by atoms with Gasteiger partial charge in [-0.25, -0.2) is 14.5 Å². The van der Waals surface area contributed by atoms with Gasteiger partial charge in [-0.1, -0.05) is 11.6 Å². The molecule has 2 amide bonds. The van der Waals surface area contributed by atoms with Crippen LogP contribution in [0.2, 0.25) is 0 Å². The van der Waals surface area contributed by atoms with E-state index in [4.69, 9.17) is 21.1 Å². The van der Waals surface area contributed by atoms with Gasteiger partial charge < -0.3 is 19.5 Å². The Labute approximate surface area is 217 Å². The second-order valence-electron chi connectivity index (χ2n) is 7.67. The summed E-state index contributed by atoms with van der Waals surface area (Å²) in [6.45, 7) is 2.34. The van der Waals surface area contributed by atoms with Crippen LogP contribution < -0.4 is 19.7 Å². The van der Waals surface area contributed by atoms with E-state index in [1.165, 1.54) is 43.5 Å². The molecular weight excluding hydrogens is 500 g/mol. The molecule has 0 radical (unpaired) electrons. The Kier molecular flexibility index (Phi) is 7.55. The van der Waals surface area contributed by atoms with Crippen LogP contribution in [0.5, 0.6) is 11.5 Å². The van der Waals surface area contributed by atoms with Crippen LogP contribution >= 0.6 is 11.6 Å². The summed E-state index contributed by atoms with van der Waals surface area (Å²) in [5.74, 6) is -1.53. The predicted molar refractivity (Wildman–Crippen MR) is 136 cm³/mol. The van der Waals surface area contributed by atoms with E-state index in [0.717, 1.165) is 4.90 Å². The lowest BCUT2D eigenvalue weighted by molar-refractivity contribution is -0.120. The molecule has 0 aliphatic carbocycles. The molecular formula is C27H21ClN2O7. The molecule has 4 rings (SSSR count). The zero-order valence-corrected chi connectivity index (χ0v) is 20.6. The molecule has 0 saturated heterocycles. The Morgan fingerprint density at radius 1 is 0.811 bits per heavy atom. The minimum atomic E-state index is -0.656. The van der Waals surface area contributed by atoms with E-state index in [2.05, 4.69) is 10.1 Å². The fourth-order valence-electron chi connectivity index (χ4n) is 3.48. The number of carbonyl (C=O) groups excluding carboxylic acids is 4. The van der Waals surface area contributed by atoms with Crippen LogP contribution in [-0.2, 0) is 14.3 Å². The lowest BCUT2D eigenvalue weighted by Gasteiger charge is -2.15. The second-order valence-corrected chi connectivity index (χ2v) is 8.05. The number of hydrogen-bond acceptors (Lipinski definition) is 8. The maximum atomic E-state index is 13.0. The number of nitrogens with one attached hydrogen (secondary N) is 1. The molecule has 9 nitrogen and oxygen atoms in total. The standard InChI is InChI=1S/C27H21ClN2O7/c1-3-36-20-14-10-19(11-15-20)30-24(31)22(28)23(25(30)32)29-18-8-4-17(5-9-18)27(34)37-21-12-6-16(7-13-21)26(33)35-2/h4-15,29H,3H2,1-2H3. The van der Waals surface area contributed by atoms with E-state index < -0.39 is 23.8 Å². The van der Waals surface area contributed by atoms with Crippen molar-refractivity contribution in [2.24, 2.45) is 0 Å². The quantitative estimate of drug-likeness (QED) is 0.262. The van der Waals surface area contributed by atoms with Crippen LogP contribution in [0.15, 0.2) is 83.5 Å². The summed E-state index contributed by atoms with van der Waals surface area (Å²) in [6.07, 6.45) is 0. The maximum absolute atomic E-state index is 13.0. The molecule has 0 fully saturated rings. The number of carbonyl (C=O) groups is 4. The molecule has 1 heterocycles. The number of imide groups is 1. The highest BCUT2D eigenvalue weighted by Gasteiger charge is 2.39. The minimum absolute atomic E-state index is 0.0819. The highest BCUT2D eigenvalue weighted by Crippen LogP contribution is 2.31. The van der Waals surface area contributed by atoms with Gasteiger partial charge in [0.15, 0.2) is 0 Å². The fourth-order valence-corrected chi connectivity index (χ4v) is 3.69. The van der Waals surface area contributed by atoms with Gasteiger partial charge in [0.25, 0.3) is 11.8 Å². The zero-order valence-electron chi connectivity index (χ0n) is 19.8. The van der Waals surface area contributed by atoms with E-state index in [0.29, 0.717) is 29.3 Å². The number of hydrogen-bond donors (Lipinski definition) is 1. The van der Waals surface area contributed by atoms with Crippen LogP contribution in [0.1, 0.15) is 27.6 Å². The van der Waals surface area contributed by atoms with Gasteiger partial charge in [0.2, 0.25) is 0 Å². The van der Waals surface area contributed by atoms with Gasteiger partial charge in [-0.3, -0.25) is 9.59 Å². The van der Waals surface area contributed by atoms with Crippen molar-refractivity contribution in [3.63, 3.8) is 0 Å². The fraction of sp³-hybridized carbons (Fsp3) is 0.111. The van der Waals surface area contributed by atoms with E-state index in [9.17, 15) is 19.2 Å². The largest absolute Gasteiger partial charge is 0.494 e. The molecule has 0 bridgehead atoms. The van der Waals surface area contributed by atoms with Crippen molar-refractivity contribution in [1.82, 2.24) is 0 Å². The Morgan fingerprint density at radius 3 is 1.97 bits per heavy atom. The van der Waals surface area contributed by atoms with Crippen LogP contribution in [0, 0.1) is 0 Å². The predicted octanol–water partition coefficient (Wildman–Crippen LogP) is 4.53. The lowest BCUT2D eigenvalue weighted by Crippen LogP contribution is -2.32. The SMILES string of the molecule is CCOc1ccc(N2C(=O)C(Cl)=C(Nc3ccc(C(=O)Oc4ccc(C(=O)OC)cc4)cc3)C2=O)cc1. The summed E-state index contributed by atoms with van der Waals surface area (Å²) in [6, 6.07) is 18.5. The molecule has 0 spiro atoms. The van der Waals surface area contributed by atoms with Gasteiger partial charge in [-0.05, 0) is 79.7 Å². The first-order chi connectivity index (χ1) is 17.8. The number of halogens is 1. The van der Waals surface area contributed by atoms with Gasteiger partial charge in [0.1, 0.15) is 22.2 Å². The lowest BCUT2D eigenvalue weighted by atomic mass is 10.2. The molecule has 3 aromatic rings. The summed E-state index contributed by atoms with van der Waals surface area (Å²) in [4.78, 5) is 50.6. The van der Waals surface area contributed by atoms with Crippen molar-refractivity contribution >= 4 is 46.7 Å². The van der Waals surface area contributed by atoms with Crippen LogP contribution in [0.4, 0.5) is 11.4 Å². The Hall–Kier alpha value is -4.63. The average molecular weight is 521 g/mol. The summed E-state index contributed by atoms with van der Waals surface area (Å²) in [5.41, 5.74) is 1.27. The number of amides is 2. The normalized spacial score (nSPS) is 13.0. The average Bonchev–Trinajstić information content (AvgIpc) is 3.12. The number of ether oxygens (including phenoxy) is 3. The van der Waals surface area contributed by atoms with Crippen molar-refractivity contribution < 1.29 is 33.4 Å². The Morgan fingerprint density at radius 2 is 1.38 bits per heavy atom.